The van der Waals surface area contributed by atoms with Crippen molar-refractivity contribution in [1.82, 2.24) is 4.90 Å². The first-order valence-corrected chi connectivity index (χ1v) is 9.09. The molecule has 1 aliphatic heterocycles. The molecule has 3 aliphatic rings. The van der Waals surface area contributed by atoms with Crippen molar-refractivity contribution in [1.29, 1.82) is 0 Å². The van der Waals surface area contributed by atoms with E-state index in [0.29, 0.717) is 30.7 Å². The van der Waals surface area contributed by atoms with E-state index in [9.17, 15) is 4.79 Å². The average molecular weight is 293 g/mol. The monoisotopic (exact) mass is 293 g/mol. The molecular formula is C18H31NO2. The summed E-state index contributed by atoms with van der Waals surface area (Å²) in [6.07, 6.45) is 11.7. The summed E-state index contributed by atoms with van der Waals surface area (Å²) in [6.45, 7) is 4.80. The van der Waals surface area contributed by atoms with E-state index in [1.807, 2.05) is 0 Å². The lowest BCUT2D eigenvalue weighted by Gasteiger charge is -2.34. The fraction of sp³-hybridized carbons (Fsp3) is 0.944. The highest BCUT2D eigenvalue weighted by Crippen LogP contribution is 2.39. The largest absolute Gasteiger partial charge is 0.368 e. The Kier molecular flexibility index (Phi) is 4.88. The number of carbonyl (C=O) groups excluding carboxylic acids is 1. The van der Waals surface area contributed by atoms with Crippen LogP contribution < -0.4 is 0 Å². The van der Waals surface area contributed by atoms with Gasteiger partial charge in [0.25, 0.3) is 0 Å². The number of likely N-dealkylation sites (tertiary alicyclic amines) is 1. The summed E-state index contributed by atoms with van der Waals surface area (Å²) < 4.78 is 6.01. The number of rotatable bonds is 3. The molecule has 2 saturated carbocycles. The zero-order valence-corrected chi connectivity index (χ0v) is 13.7. The maximum Gasteiger partial charge on any atom is 0.249 e. The Hall–Kier alpha value is -0.570. The Labute approximate surface area is 129 Å². The highest BCUT2D eigenvalue weighted by Gasteiger charge is 2.42. The Bertz CT molecular complexity index is 370. The van der Waals surface area contributed by atoms with Crippen LogP contribution in [0, 0.1) is 11.8 Å². The van der Waals surface area contributed by atoms with Crippen LogP contribution in [-0.4, -0.2) is 35.6 Å². The molecule has 5 atom stereocenters. The minimum absolute atomic E-state index is 0.245. The first kappa shape index (κ1) is 15.3. The predicted octanol–water partition coefficient (Wildman–Crippen LogP) is 3.76. The van der Waals surface area contributed by atoms with E-state index in [2.05, 4.69) is 18.7 Å². The molecule has 0 unspecified atom stereocenters. The molecular weight excluding hydrogens is 262 g/mol. The fourth-order valence-corrected chi connectivity index (χ4v) is 4.92. The SMILES string of the molecule is C[C@@H]1CCCC[C@@H]1OCC(=O)N1[C@H](C)C[C@H]2CCCC[C@H]21. The minimum atomic E-state index is 0.245. The third-order valence-electron chi connectivity index (χ3n) is 6.09. The Morgan fingerprint density at radius 3 is 2.57 bits per heavy atom. The van der Waals surface area contributed by atoms with Crippen molar-refractivity contribution in [2.24, 2.45) is 11.8 Å². The summed E-state index contributed by atoms with van der Waals surface area (Å²) in [5.74, 6) is 1.62. The summed E-state index contributed by atoms with van der Waals surface area (Å²) in [5.41, 5.74) is 0. The topological polar surface area (TPSA) is 29.5 Å². The zero-order chi connectivity index (χ0) is 14.8. The van der Waals surface area contributed by atoms with Crippen LogP contribution in [0.4, 0.5) is 0 Å². The van der Waals surface area contributed by atoms with Crippen LogP contribution in [0.25, 0.3) is 0 Å². The van der Waals surface area contributed by atoms with Gasteiger partial charge in [-0.3, -0.25) is 4.79 Å². The van der Waals surface area contributed by atoms with Crippen molar-refractivity contribution in [2.75, 3.05) is 6.61 Å². The van der Waals surface area contributed by atoms with E-state index in [0.717, 1.165) is 12.3 Å². The number of fused-ring (bicyclic) bond motifs is 1. The molecule has 0 spiro atoms. The van der Waals surface area contributed by atoms with E-state index in [1.54, 1.807) is 0 Å². The zero-order valence-electron chi connectivity index (χ0n) is 13.7. The van der Waals surface area contributed by atoms with Crippen LogP contribution in [0.3, 0.4) is 0 Å². The van der Waals surface area contributed by atoms with Crippen molar-refractivity contribution in [3.63, 3.8) is 0 Å². The number of amides is 1. The number of hydrogen-bond acceptors (Lipinski definition) is 2. The standard InChI is InChI=1S/C18H31NO2/c1-13-7-3-6-10-17(13)21-12-18(20)19-14(2)11-15-8-4-5-9-16(15)19/h13-17H,3-12H2,1-2H3/t13-,14-,15-,16-,17+/m1/s1. The maximum atomic E-state index is 12.7. The van der Waals surface area contributed by atoms with Gasteiger partial charge in [-0.2, -0.15) is 0 Å². The third-order valence-corrected chi connectivity index (χ3v) is 6.09. The molecule has 0 radical (unpaired) electrons. The number of carbonyl (C=O) groups is 1. The predicted molar refractivity (Wildman–Crippen MR) is 84.0 cm³/mol. The first-order valence-electron chi connectivity index (χ1n) is 9.09. The quantitative estimate of drug-likeness (QED) is 0.793. The van der Waals surface area contributed by atoms with Crippen LogP contribution in [0.1, 0.15) is 71.6 Å². The molecule has 0 aromatic rings. The molecule has 3 nitrogen and oxygen atoms in total. The highest BCUT2D eigenvalue weighted by molar-refractivity contribution is 5.78. The van der Waals surface area contributed by atoms with Crippen LogP contribution >= 0.6 is 0 Å². The van der Waals surface area contributed by atoms with Gasteiger partial charge >= 0.3 is 0 Å². The Morgan fingerprint density at radius 1 is 1.05 bits per heavy atom. The number of nitrogens with zero attached hydrogens (tertiary/aromatic N) is 1. The van der Waals surface area contributed by atoms with Crippen LogP contribution in [0.15, 0.2) is 0 Å². The van der Waals surface area contributed by atoms with Crippen molar-refractivity contribution in [2.45, 2.75) is 89.8 Å². The number of hydrogen-bond donors (Lipinski definition) is 0. The van der Waals surface area contributed by atoms with Crippen LogP contribution in [0.2, 0.25) is 0 Å². The van der Waals surface area contributed by atoms with Gasteiger partial charge in [-0.1, -0.05) is 32.6 Å². The second kappa shape index (κ2) is 6.68. The molecule has 3 rings (SSSR count). The smallest absolute Gasteiger partial charge is 0.249 e. The van der Waals surface area contributed by atoms with E-state index < -0.39 is 0 Å². The van der Waals surface area contributed by atoms with Gasteiger partial charge in [0.05, 0.1) is 6.10 Å². The Morgan fingerprint density at radius 2 is 1.76 bits per heavy atom. The molecule has 2 aliphatic carbocycles. The second-order valence-corrected chi connectivity index (χ2v) is 7.61. The second-order valence-electron chi connectivity index (χ2n) is 7.61. The van der Waals surface area contributed by atoms with Gasteiger partial charge in [-0.15, -0.1) is 0 Å². The fourth-order valence-electron chi connectivity index (χ4n) is 4.92. The first-order chi connectivity index (χ1) is 10.2. The van der Waals surface area contributed by atoms with E-state index in [-0.39, 0.29) is 5.91 Å². The molecule has 120 valence electrons. The Balaban J connectivity index is 1.54. The van der Waals surface area contributed by atoms with Gasteiger partial charge < -0.3 is 9.64 Å². The molecule has 3 heteroatoms. The van der Waals surface area contributed by atoms with E-state index in [4.69, 9.17) is 4.74 Å². The van der Waals surface area contributed by atoms with Crippen molar-refractivity contribution in [3.05, 3.63) is 0 Å². The average Bonchev–Trinajstić information content (AvgIpc) is 2.82. The van der Waals surface area contributed by atoms with Gasteiger partial charge in [-0.25, -0.2) is 0 Å². The van der Waals surface area contributed by atoms with Crippen LogP contribution in [0.5, 0.6) is 0 Å². The molecule has 1 heterocycles. The molecule has 0 aromatic carbocycles. The van der Waals surface area contributed by atoms with Gasteiger partial charge in [-0.05, 0) is 50.9 Å². The minimum Gasteiger partial charge on any atom is -0.368 e. The lowest BCUT2D eigenvalue weighted by Crippen LogP contribution is -2.45. The molecule has 21 heavy (non-hydrogen) atoms. The van der Waals surface area contributed by atoms with Gasteiger partial charge in [0.2, 0.25) is 5.91 Å². The van der Waals surface area contributed by atoms with Crippen molar-refractivity contribution >= 4 is 5.91 Å². The van der Waals surface area contributed by atoms with Crippen molar-refractivity contribution in [3.8, 4) is 0 Å². The normalized spacial score (nSPS) is 40.1. The van der Waals surface area contributed by atoms with Gasteiger partial charge in [0.15, 0.2) is 0 Å². The molecule has 1 saturated heterocycles. The van der Waals surface area contributed by atoms with Crippen molar-refractivity contribution < 1.29 is 9.53 Å². The lowest BCUT2D eigenvalue weighted by molar-refractivity contribution is -0.143. The molecule has 0 aromatic heterocycles. The summed E-state index contributed by atoms with van der Waals surface area (Å²) >= 11 is 0. The lowest BCUT2D eigenvalue weighted by atomic mass is 9.85. The molecule has 1 amide bonds. The van der Waals surface area contributed by atoms with E-state index in [1.165, 1.54) is 51.4 Å². The maximum absolute atomic E-state index is 12.7. The van der Waals surface area contributed by atoms with Gasteiger partial charge in [0, 0.05) is 12.1 Å². The van der Waals surface area contributed by atoms with Gasteiger partial charge in [0.1, 0.15) is 6.61 Å². The number of ether oxygens (including phenoxy) is 1. The summed E-state index contributed by atoms with van der Waals surface area (Å²) in [4.78, 5) is 14.8. The highest BCUT2D eigenvalue weighted by atomic mass is 16.5. The summed E-state index contributed by atoms with van der Waals surface area (Å²) in [7, 11) is 0. The molecule has 0 N–H and O–H groups in total. The third kappa shape index (κ3) is 3.28. The van der Waals surface area contributed by atoms with Crippen LogP contribution in [-0.2, 0) is 9.53 Å². The molecule has 3 fully saturated rings. The summed E-state index contributed by atoms with van der Waals surface area (Å²) in [5, 5.41) is 0. The summed E-state index contributed by atoms with van der Waals surface area (Å²) in [6, 6.07) is 0.923. The molecule has 0 bridgehead atoms. The van der Waals surface area contributed by atoms with E-state index >= 15 is 0 Å².